The van der Waals surface area contributed by atoms with Gasteiger partial charge in [0.15, 0.2) is 0 Å². The molecule has 0 aromatic rings. The molecule has 0 heteroatoms. The molecule has 0 aliphatic heterocycles. The molecule has 1 aliphatic carbocycles. The Balaban J connectivity index is 0.00000144. The van der Waals surface area contributed by atoms with Gasteiger partial charge in [0.1, 0.15) is 0 Å². The van der Waals surface area contributed by atoms with Crippen LogP contribution in [0.4, 0.5) is 0 Å². The highest BCUT2D eigenvalue weighted by atomic mass is 14.0. The molecule has 0 saturated heterocycles. The molecular formula is C13H18. The van der Waals surface area contributed by atoms with E-state index >= 15 is 0 Å². The maximum Gasteiger partial charge on any atom is -0.0238 e. The lowest BCUT2D eigenvalue weighted by Gasteiger charge is -2.07. The first kappa shape index (κ1) is 11.7. The maximum absolute atomic E-state index is 3.98. The Hall–Kier alpha value is -1.30. The van der Waals surface area contributed by atoms with Gasteiger partial charge in [-0.1, -0.05) is 57.0 Å². The molecule has 0 aromatic carbocycles. The van der Waals surface area contributed by atoms with Crippen molar-refractivity contribution in [1.82, 2.24) is 0 Å². The Labute approximate surface area is 81.7 Å². The van der Waals surface area contributed by atoms with E-state index in [9.17, 15) is 0 Å². The summed E-state index contributed by atoms with van der Waals surface area (Å²) in [5.74, 6) is 0. The van der Waals surface area contributed by atoms with E-state index in [0.717, 1.165) is 18.4 Å². The highest BCUT2D eigenvalue weighted by Crippen LogP contribution is 2.19. The summed E-state index contributed by atoms with van der Waals surface area (Å²) in [6.45, 7) is 7.60. The van der Waals surface area contributed by atoms with Gasteiger partial charge in [-0.3, -0.25) is 0 Å². The van der Waals surface area contributed by atoms with Crippen molar-refractivity contribution < 1.29 is 0 Å². The zero-order chi connectivity index (χ0) is 8.81. The zero-order valence-electron chi connectivity index (χ0n) is 7.29. The van der Waals surface area contributed by atoms with Crippen molar-refractivity contribution >= 4 is 0 Å². The molecule has 0 fully saturated rings. The van der Waals surface area contributed by atoms with Crippen molar-refractivity contribution in [1.29, 1.82) is 0 Å². The smallest absolute Gasteiger partial charge is 0.0238 e. The van der Waals surface area contributed by atoms with Crippen molar-refractivity contribution in [2.24, 2.45) is 0 Å². The van der Waals surface area contributed by atoms with Gasteiger partial charge >= 0.3 is 0 Å². The molecular weight excluding hydrogens is 156 g/mol. The van der Waals surface area contributed by atoms with Gasteiger partial charge in [0, 0.05) is 0 Å². The molecule has 0 heterocycles. The number of rotatable bonds is 3. The fraction of sp³-hybridized carbons (Fsp3) is 0.231. The van der Waals surface area contributed by atoms with Crippen LogP contribution in [0.1, 0.15) is 20.3 Å². The molecule has 0 spiro atoms. The van der Waals surface area contributed by atoms with E-state index in [-0.39, 0.29) is 7.43 Å². The third kappa shape index (κ3) is 3.75. The fourth-order valence-electron chi connectivity index (χ4n) is 1.16. The van der Waals surface area contributed by atoms with Gasteiger partial charge in [-0.25, -0.2) is 0 Å². The summed E-state index contributed by atoms with van der Waals surface area (Å²) in [5.41, 5.74) is 2.43. The second-order valence-electron chi connectivity index (χ2n) is 2.78. The Morgan fingerprint density at radius 1 is 1.46 bits per heavy atom. The molecule has 0 nitrogen and oxygen atoms in total. The van der Waals surface area contributed by atoms with Gasteiger partial charge in [-0.05, 0) is 24.0 Å². The first-order valence-electron chi connectivity index (χ1n) is 4.18. The van der Waals surface area contributed by atoms with E-state index in [4.69, 9.17) is 0 Å². The molecule has 0 radical (unpaired) electrons. The molecule has 70 valence electrons. The first-order valence-corrected chi connectivity index (χ1v) is 4.18. The average Bonchev–Trinajstić information content (AvgIpc) is 2.15. The van der Waals surface area contributed by atoms with Crippen LogP contribution >= 0.6 is 0 Å². The summed E-state index contributed by atoms with van der Waals surface area (Å²) in [4.78, 5) is 0. The minimum Gasteiger partial charge on any atom is -0.0991 e. The maximum atomic E-state index is 3.98. The minimum atomic E-state index is 0. The van der Waals surface area contributed by atoms with Crippen molar-refractivity contribution in [3.63, 3.8) is 0 Å². The lowest BCUT2D eigenvalue weighted by atomic mass is 9.98. The summed E-state index contributed by atoms with van der Waals surface area (Å²) < 4.78 is 0. The third-order valence-electron chi connectivity index (χ3n) is 1.86. The van der Waals surface area contributed by atoms with Crippen LogP contribution in [0.5, 0.6) is 0 Å². The Morgan fingerprint density at radius 2 is 2.23 bits per heavy atom. The predicted molar refractivity (Wildman–Crippen MR) is 61.7 cm³/mol. The molecule has 0 unspecified atom stereocenters. The lowest BCUT2D eigenvalue weighted by molar-refractivity contribution is 0.979. The first-order chi connectivity index (χ1) is 5.84. The minimum absolute atomic E-state index is 0. The van der Waals surface area contributed by atoms with Gasteiger partial charge in [0.05, 0.1) is 0 Å². The highest BCUT2D eigenvalue weighted by molar-refractivity contribution is 5.41. The van der Waals surface area contributed by atoms with E-state index in [1.807, 2.05) is 12.2 Å². The van der Waals surface area contributed by atoms with Gasteiger partial charge < -0.3 is 0 Å². The van der Waals surface area contributed by atoms with Crippen LogP contribution in [-0.2, 0) is 0 Å². The molecule has 1 aliphatic rings. The molecule has 0 N–H and O–H groups in total. The zero-order valence-corrected chi connectivity index (χ0v) is 7.29. The van der Waals surface area contributed by atoms with Crippen LogP contribution < -0.4 is 0 Å². The molecule has 0 atom stereocenters. The van der Waals surface area contributed by atoms with Gasteiger partial charge in [0.2, 0.25) is 0 Å². The van der Waals surface area contributed by atoms with E-state index < -0.39 is 0 Å². The van der Waals surface area contributed by atoms with Crippen LogP contribution in [0, 0.1) is 0 Å². The molecule has 0 saturated carbocycles. The van der Waals surface area contributed by atoms with Crippen molar-refractivity contribution in [2.75, 3.05) is 0 Å². The summed E-state index contributed by atoms with van der Waals surface area (Å²) in [5, 5.41) is 0. The summed E-state index contributed by atoms with van der Waals surface area (Å²) in [6, 6.07) is 0. The van der Waals surface area contributed by atoms with E-state index in [1.54, 1.807) is 6.08 Å². The summed E-state index contributed by atoms with van der Waals surface area (Å²) in [6.07, 6.45) is 14.3. The van der Waals surface area contributed by atoms with Crippen molar-refractivity contribution in [3.05, 3.63) is 60.8 Å². The predicted octanol–water partition coefficient (Wildman–Crippen LogP) is 4.20. The third-order valence-corrected chi connectivity index (χ3v) is 1.86. The summed E-state index contributed by atoms with van der Waals surface area (Å²) >= 11 is 0. The second kappa shape index (κ2) is 6.24. The van der Waals surface area contributed by atoms with Crippen LogP contribution in [0.15, 0.2) is 60.8 Å². The Morgan fingerprint density at radius 3 is 2.77 bits per heavy atom. The van der Waals surface area contributed by atoms with E-state index in [2.05, 4.69) is 31.4 Å². The van der Waals surface area contributed by atoms with Crippen LogP contribution in [0.3, 0.4) is 0 Å². The van der Waals surface area contributed by atoms with Crippen LogP contribution in [0.25, 0.3) is 0 Å². The van der Waals surface area contributed by atoms with Crippen LogP contribution in [0.2, 0.25) is 0 Å². The fourth-order valence-corrected chi connectivity index (χ4v) is 1.16. The largest absolute Gasteiger partial charge is 0.0991 e. The molecule has 13 heavy (non-hydrogen) atoms. The monoisotopic (exact) mass is 174 g/mol. The van der Waals surface area contributed by atoms with Gasteiger partial charge in [-0.2, -0.15) is 0 Å². The van der Waals surface area contributed by atoms with Crippen molar-refractivity contribution in [3.8, 4) is 0 Å². The standard InChI is InChI=1S/C12H14.CH4/c1-3-4-8-11(2)12-9-6-5-7-10-12;/h3-6,8-9H,1-2,7,10H2;1H4/b8-4-;. The van der Waals surface area contributed by atoms with Gasteiger partial charge in [0.25, 0.3) is 0 Å². The average molecular weight is 174 g/mol. The number of hydrogen-bond donors (Lipinski definition) is 0. The van der Waals surface area contributed by atoms with Crippen molar-refractivity contribution in [2.45, 2.75) is 20.3 Å². The number of hydrogen-bond acceptors (Lipinski definition) is 0. The van der Waals surface area contributed by atoms with Crippen LogP contribution in [-0.4, -0.2) is 0 Å². The highest BCUT2D eigenvalue weighted by Gasteiger charge is 1.99. The number of allylic oxidation sites excluding steroid dienone is 8. The second-order valence-corrected chi connectivity index (χ2v) is 2.78. The van der Waals surface area contributed by atoms with Gasteiger partial charge in [-0.15, -0.1) is 0 Å². The SMILES string of the molecule is C.C=C/C=C\C(=C)C1=CC=CCC1. The van der Waals surface area contributed by atoms with E-state index in [1.165, 1.54) is 5.57 Å². The normalized spacial score (nSPS) is 14.9. The summed E-state index contributed by atoms with van der Waals surface area (Å²) in [7, 11) is 0. The molecule has 0 aromatic heterocycles. The van der Waals surface area contributed by atoms with E-state index in [0.29, 0.717) is 0 Å². The topological polar surface area (TPSA) is 0 Å². The Kier molecular flexibility index (Phi) is 5.62. The lowest BCUT2D eigenvalue weighted by Crippen LogP contribution is -1.88. The molecule has 1 rings (SSSR count). The molecule has 0 amide bonds. The quantitative estimate of drug-likeness (QED) is 0.562. The molecule has 0 bridgehead atoms. The Bertz CT molecular complexity index is 262.